The Bertz CT molecular complexity index is 855. The summed E-state index contributed by atoms with van der Waals surface area (Å²) in [6, 6.07) is 6.22. The smallest absolute Gasteiger partial charge is 0.274 e. The maximum Gasteiger partial charge on any atom is 0.274 e. The van der Waals surface area contributed by atoms with Crippen molar-refractivity contribution in [3.63, 3.8) is 0 Å². The van der Waals surface area contributed by atoms with Crippen LogP contribution in [0, 0.1) is 0 Å². The van der Waals surface area contributed by atoms with Gasteiger partial charge in [-0.05, 0) is 37.8 Å². The predicted octanol–water partition coefficient (Wildman–Crippen LogP) is 2.27. The minimum absolute atomic E-state index is 0.00130. The highest BCUT2D eigenvalue weighted by atomic mass is 16.3. The Morgan fingerprint density at radius 2 is 2.08 bits per heavy atom. The minimum atomic E-state index is -0.00130. The van der Waals surface area contributed by atoms with Gasteiger partial charge in [0, 0.05) is 24.3 Å². The van der Waals surface area contributed by atoms with Crippen LogP contribution in [0.5, 0.6) is 0 Å². The van der Waals surface area contributed by atoms with Crippen molar-refractivity contribution in [2.45, 2.75) is 43.8 Å². The van der Waals surface area contributed by atoms with E-state index in [1.807, 2.05) is 27.9 Å². The van der Waals surface area contributed by atoms with Crippen LogP contribution in [0.15, 0.2) is 41.3 Å². The molecule has 2 atom stereocenters. The molecule has 0 radical (unpaired) electrons. The molecule has 2 aliphatic heterocycles. The number of amides is 1. The van der Waals surface area contributed by atoms with E-state index in [4.69, 9.17) is 4.42 Å². The van der Waals surface area contributed by atoms with Gasteiger partial charge in [-0.1, -0.05) is 5.21 Å². The van der Waals surface area contributed by atoms with Crippen molar-refractivity contribution in [3.8, 4) is 11.5 Å². The number of rotatable bonds is 3. The highest BCUT2D eigenvalue weighted by Crippen LogP contribution is 2.41. The van der Waals surface area contributed by atoms with Crippen molar-refractivity contribution in [1.82, 2.24) is 30.1 Å². The predicted molar refractivity (Wildman–Crippen MR) is 87.6 cm³/mol. The molecule has 5 rings (SSSR count). The maximum atomic E-state index is 13.0. The second-order valence-corrected chi connectivity index (χ2v) is 6.75. The van der Waals surface area contributed by atoms with E-state index >= 15 is 0 Å². The fraction of sp³-hybridized carbons (Fsp3) is 0.412. The summed E-state index contributed by atoms with van der Waals surface area (Å²) in [4.78, 5) is 15.0. The highest BCUT2D eigenvalue weighted by Gasteiger charge is 2.44. The quantitative estimate of drug-likeness (QED) is 0.791. The molecule has 0 spiro atoms. The molecule has 5 heterocycles. The molecule has 128 valence electrons. The molecule has 1 amide bonds. The number of aromatic nitrogens is 5. The molecule has 2 bridgehead atoms. The van der Waals surface area contributed by atoms with Crippen LogP contribution >= 0.6 is 0 Å². The van der Waals surface area contributed by atoms with Crippen LogP contribution < -0.4 is 0 Å². The fourth-order valence-corrected chi connectivity index (χ4v) is 4.23. The Labute approximate surface area is 143 Å². The first-order valence-electron chi connectivity index (χ1n) is 8.57. The summed E-state index contributed by atoms with van der Waals surface area (Å²) in [7, 11) is 0. The summed E-state index contributed by atoms with van der Waals surface area (Å²) in [5.74, 6) is 0.679. The van der Waals surface area contributed by atoms with E-state index in [1.165, 1.54) is 0 Å². The number of hydrogen-bond donors (Lipinski definition) is 1. The molecule has 3 aromatic rings. The highest BCUT2D eigenvalue weighted by molar-refractivity contribution is 5.94. The molecule has 0 aromatic carbocycles. The topological polar surface area (TPSA) is 92.8 Å². The number of H-pyrrole nitrogens is 1. The van der Waals surface area contributed by atoms with Crippen molar-refractivity contribution >= 4 is 5.91 Å². The molecule has 2 saturated heterocycles. The van der Waals surface area contributed by atoms with Gasteiger partial charge >= 0.3 is 0 Å². The van der Waals surface area contributed by atoms with Gasteiger partial charge in [-0.3, -0.25) is 9.89 Å². The molecular weight excluding hydrogens is 320 g/mol. The second-order valence-electron chi connectivity index (χ2n) is 6.75. The molecule has 0 aliphatic carbocycles. The second kappa shape index (κ2) is 5.58. The standard InChI is InChI=1S/C17H18N6O2/c24-17(15-10-14(19-20-15)16-2-1-7-25-16)23-11-3-4-12(23)9-13(8-11)22-6-5-18-21-22/h1-2,5-7,10-13H,3-4,8-9H2,(H,19,20). The zero-order valence-corrected chi connectivity index (χ0v) is 13.6. The van der Waals surface area contributed by atoms with E-state index in [0.29, 0.717) is 17.5 Å². The molecular formula is C17H18N6O2. The molecule has 8 heteroatoms. The summed E-state index contributed by atoms with van der Waals surface area (Å²) in [6.07, 6.45) is 9.13. The van der Waals surface area contributed by atoms with E-state index in [0.717, 1.165) is 31.4 Å². The van der Waals surface area contributed by atoms with Crippen LogP contribution in [-0.2, 0) is 0 Å². The van der Waals surface area contributed by atoms with Gasteiger partial charge in [0.1, 0.15) is 5.69 Å². The number of carbonyl (C=O) groups excluding carboxylic acids is 1. The van der Waals surface area contributed by atoms with Crippen LogP contribution in [0.2, 0.25) is 0 Å². The normalized spacial score (nSPS) is 25.4. The van der Waals surface area contributed by atoms with Gasteiger partial charge in [0.15, 0.2) is 11.5 Å². The summed E-state index contributed by atoms with van der Waals surface area (Å²) in [6.45, 7) is 0. The van der Waals surface area contributed by atoms with Crippen molar-refractivity contribution in [2.24, 2.45) is 0 Å². The summed E-state index contributed by atoms with van der Waals surface area (Å²) in [5.41, 5.74) is 1.17. The minimum Gasteiger partial charge on any atom is -0.463 e. The van der Waals surface area contributed by atoms with E-state index in [9.17, 15) is 4.79 Å². The third-order valence-electron chi connectivity index (χ3n) is 5.34. The van der Waals surface area contributed by atoms with Crippen LogP contribution in [0.4, 0.5) is 0 Å². The largest absolute Gasteiger partial charge is 0.463 e. The van der Waals surface area contributed by atoms with Gasteiger partial charge in [0.25, 0.3) is 5.91 Å². The van der Waals surface area contributed by atoms with Gasteiger partial charge in [-0.15, -0.1) is 5.10 Å². The molecule has 1 N–H and O–H groups in total. The van der Waals surface area contributed by atoms with Crippen LogP contribution in [0.1, 0.15) is 42.2 Å². The average Bonchev–Trinajstić information content (AvgIpc) is 3.41. The van der Waals surface area contributed by atoms with Crippen molar-refractivity contribution < 1.29 is 9.21 Å². The number of aromatic amines is 1. The number of nitrogens with one attached hydrogen (secondary N) is 1. The Balaban J connectivity index is 1.37. The van der Waals surface area contributed by atoms with Crippen LogP contribution in [0.3, 0.4) is 0 Å². The Hall–Kier alpha value is -2.90. The summed E-state index contributed by atoms with van der Waals surface area (Å²) in [5, 5.41) is 15.1. The molecule has 2 unspecified atom stereocenters. The van der Waals surface area contributed by atoms with Gasteiger partial charge in [-0.25, -0.2) is 4.68 Å². The lowest BCUT2D eigenvalue weighted by Crippen LogP contribution is -2.47. The monoisotopic (exact) mass is 338 g/mol. The van der Waals surface area contributed by atoms with E-state index < -0.39 is 0 Å². The van der Waals surface area contributed by atoms with Crippen molar-refractivity contribution in [3.05, 3.63) is 42.5 Å². The first-order valence-corrected chi connectivity index (χ1v) is 8.57. The van der Waals surface area contributed by atoms with Crippen molar-refractivity contribution in [2.75, 3.05) is 0 Å². The van der Waals surface area contributed by atoms with Crippen LogP contribution in [-0.4, -0.2) is 48.1 Å². The molecule has 3 aromatic heterocycles. The Morgan fingerprint density at radius 3 is 2.76 bits per heavy atom. The summed E-state index contributed by atoms with van der Waals surface area (Å²) >= 11 is 0. The Morgan fingerprint density at radius 1 is 1.24 bits per heavy atom. The number of furan rings is 1. The number of carbonyl (C=O) groups is 1. The Kier molecular flexibility index (Phi) is 3.22. The molecule has 8 nitrogen and oxygen atoms in total. The maximum absolute atomic E-state index is 13.0. The average molecular weight is 338 g/mol. The molecule has 25 heavy (non-hydrogen) atoms. The van der Waals surface area contributed by atoms with E-state index in [2.05, 4.69) is 20.5 Å². The lowest BCUT2D eigenvalue weighted by molar-refractivity contribution is 0.0517. The van der Waals surface area contributed by atoms with Gasteiger partial charge < -0.3 is 9.32 Å². The number of nitrogens with zero attached hydrogens (tertiary/aromatic N) is 5. The zero-order chi connectivity index (χ0) is 16.8. The van der Waals surface area contributed by atoms with Gasteiger partial charge in [-0.2, -0.15) is 5.10 Å². The number of hydrogen-bond acceptors (Lipinski definition) is 5. The van der Waals surface area contributed by atoms with Crippen molar-refractivity contribution in [1.29, 1.82) is 0 Å². The van der Waals surface area contributed by atoms with Crippen LogP contribution in [0.25, 0.3) is 11.5 Å². The van der Waals surface area contributed by atoms with E-state index in [-0.39, 0.29) is 18.0 Å². The lowest BCUT2D eigenvalue weighted by Gasteiger charge is -2.38. The summed E-state index contributed by atoms with van der Waals surface area (Å²) < 4.78 is 7.28. The lowest BCUT2D eigenvalue weighted by atomic mass is 9.97. The van der Waals surface area contributed by atoms with E-state index in [1.54, 1.807) is 18.5 Å². The van der Waals surface area contributed by atoms with Gasteiger partial charge in [0.2, 0.25) is 0 Å². The molecule has 2 fully saturated rings. The SMILES string of the molecule is O=C(c1cc(-c2ccco2)[nH]n1)N1C2CCC1CC(n1ccnn1)C2. The fourth-order valence-electron chi connectivity index (χ4n) is 4.23. The number of piperidine rings is 1. The third kappa shape index (κ3) is 2.36. The van der Waals surface area contributed by atoms with Gasteiger partial charge in [0.05, 0.1) is 18.5 Å². The molecule has 2 aliphatic rings. The number of fused-ring (bicyclic) bond motifs is 2. The first-order chi connectivity index (χ1) is 12.3. The third-order valence-corrected chi connectivity index (χ3v) is 5.34. The molecule has 0 saturated carbocycles. The zero-order valence-electron chi connectivity index (χ0n) is 13.6. The first kappa shape index (κ1) is 14.4.